The van der Waals surface area contributed by atoms with Gasteiger partial charge in [-0.1, -0.05) is 61.5 Å². The first kappa shape index (κ1) is 38.7. The van der Waals surface area contributed by atoms with Gasteiger partial charge in [-0.25, -0.2) is 0 Å². The standard InChI is InChI=1S/C41H42F3N5O4/c1-2-19-46-20-21-47-37(50)30-13-11-29(12-14-30)32-10-6-7-28(24-32)26-40(53,34-17-22-49(23-18-34)38(51)31-8-4-3-5-9-31)39(52)48-35-16-15-33(27-45)36(25-35)41(42,43)44/h3-16,24-25,34,46,53H,2,17-23,26H2,1H3,(H,47,50)(H,48,52). The van der Waals surface area contributed by atoms with Gasteiger partial charge in [0.1, 0.15) is 5.60 Å². The summed E-state index contributed by atoms with van der Waals surface area (Å²) in [5.74, 6) is -1.91. The molecular formula is C41H42F3N5O4. The Morgan fingerprint density at radius 1 is 0.849 bits per heavy atom. The molecule has 5 rings (SSSR count). The van der Waals surface area contributed by atoms with E-state index in [2.05, 4.69) is 22.9 Å². The van der Waals surface area contributed by atoms with Crippen molar-refractivity contribution < 1.29 is 32.7 Å². The molecule has 53 heavy (non-hydrogen) atoms. The number of likely N-dealkylation sites (tertiary alicyclic amines) is 1. The molecule has 0 aliphatic carbocycles. The van der Waals surface area contributed by atoms with E-state index < -0.39 is 34.7 Å². The van der Waals surface area contributed by atoms with Crippen LogP contribution in [0, 0.1) is 17.2 Å². The molecule has 1 saturated heterocycles. The first-order valence-corrected chi connectivity index (χ1v) is 17.6. The van der Waals surface area contributed by atoms with Crippen LogP contribution in [0.5, 0.6) is 0 Å². The van der Waals surface area contributed by atoms with Crippen molar-refractivity contribution in [2.45, 2.75) is 44.4 Å². The van der Waals surface area contributed by atoms with Crippen LogP contribution in [-0.4, -0.2) is 66.1 Å². The normalized spacial score (nSPS) is 14.5. The van der Waals surface area contributed by atoms with E-state index in [1.807, 2.05) is 30.3 Å². The van der Waals surface area contributed by atoms with Crippen molar-refractivity contribution in [3.8, 4) is 17.2 Å². The second-order valence-electron chi connectivity index (χ2n) is 13.1. The Kier molecular flexibility index (Phi) is 12.7. The van der Waals surface area contributed by atoms with Gasteiger partial charge in [0.05, 0.1) is 17.2 Å². The van der Waals surface area contributed by atoms with Gasteiger partial charge in [-0.15, -0.1) is 0 Å². The van der Waals surface area contributed by atoms with Crippen LogP contribution in [0.25, 0.3) is 11.1 Å². The minimum atomic E-state index is -4.84. The van der Waals surface area contributed by atoms with Crippen molar-refractivity contribution in [3.63, 3.8) is 0 Å². The van der Waals surface area contributed by atoms with Gasteiger partial charge < -0.3 is 26.0 Å². The number of hydrogen-bond acceptors (Lipinski definition) is 6. The second-order valence-corrected chi connectivity index (χ2v) is 13.1. The topological polar surface area (TPSA) is 135 Å². The fourth-order valence-electron chi connectivity index (χ4n) is 6.58. The molecule has 0 spiro atoms. The maximum absolute atomic E-state index is 14.0. The summed E-state index contributed by atoms with van der Waals surface area (Å²) in [4.78, 5) is 41.5. The van der Waals surface area contributed by atoms with Gasteiger partial charge in [0.25, 0.3) is 17.7 Å². The average Bonchev–Trinajstić information content (AvgIpc) is 3.17. The number of amides is 3. The van der Waals surface area contributed by atoms with E-state index in [1.165, 1.54) is 12.1 Å². The zero-order valence-corrected chi connectivity index (χ0v) is 29.4. The summed E-state index contributed by atoms with van der Waals surface area (Å²) in [5.41, 5.74) is -0.907. The average molecular weight is 726 g/mol. The molecule has 1 heterocycles. The number of carbonyl (C=O) groups is 3. The number of alkyl halides is 3. The Balaban J connectivity index is 1.37. The molecule has 12 heteroatoms. The number of aliphatic hydroxyl groups is 1. The lowest BCUT2D eigenvalue weighted by Gasteiger charge is -2.40. The van der Waals surface area contributed by atoms with Crippen molar-refractivity contribution in [1.29, 1.82) is 5.26 Å². The third-order valence-electron chi connectivity index (χ3n) is 9.47. The number of nitrogens with one attached hydrogen (secondary N) is 3. The quantitative estimate of drug-likeness (QED) is 0.117. The molecule has 1 unspecified atom stereocenters. The summed E-state index contributed by atoms with van der Waals surface area (Å²) >= 11 is 0. The highest BCUT2D eigenvalue weighted by atomic mass is 19.4. The van der Waals surface area contributed by atoms with Crippen LogP contribution in [0.15, 0.2) is 97.1 Å². The molecule has 0 radical (unpaired) electrons. The summed E-state index contributed by atoms with van der Waals surface area (Å²) in [6.07, 6.45) is -3.47. The number of nitrogens with zero attached hydrogens (tertiary/aromatic N) is 2. The van der Waals surface area contributed by atoms with E-state index in [4.69, 9.17) is 0 Å². The predicted octanol–water partition coefficient (Wildman–Crippen LogP) is 6.44. The lowest BCUT2D eigenvalue weighted by molar-refractivity contribution is -0.142. The lowest BCUT2D eigenvalue weighted by Crippen LogP contribution is -2.54. The molecule has 3 amide bonds. The van der Waals surface area contributed by atoms with Crippen LogP contribution in [0.2, 0.25) is 0 Å². The summed E-state index contributed by atoms with van der Waals surface area (Å²) in [7, 11) is 0. The van der Waals surface area contributed by atoms with E-state index in [9.17, 15) is 37.9 Å². The molecule has 1 aliphatic heterocycles. The zero-order chi connectivity index (χ0) is 38.0. The fourth-order valence-corrected chi connectivity index (χ4v) is 6.58. The van der Waals surface area contributed by atoms with Gasteiger partial charge >= 0.3 is 6.18 Å². The summed E-state index contributed by atoms with van der Waals surface area (Å²) in [6, 6.07) is 27.5. The van der Waals surface area contributed by atoms with E-state index in [0.29, 0.717) is 35.8 Å². The molecule has 1 fully saturated rings. The highest BCUT2D eigenvalue weighted by Gasteiger charge is 2.46. The van der Waals surface area contributed by atoms with E-state index in [0.717, 1.165) is 30.2 Å². The number of piperidine rings is 1. The third kappa shape index (κ3) is 9.68. The minimum Gasteiger partial charge on any atom is -0.379 e. The minimum absolute atomic E-state index is 0.168. The van der Waals surface area contributed by atoms with E-state index in [1.54, 1.807) is 53.4 Å². The molecular weight excluding hydrogens is 683 g/mol. The van der Waals surface area contributed by atoms with Gasteiger partial charge in [-0.2, -0.15) is 18.4 Å². The third-order valence-corrected chi connectivity index (χ3v) is 9.47. The predicted molar refractivity (Wildman–Crippen MR) is 196 cm³/mol. The maximum Gasteiger partial charge on any atom is 0.417 e. The van der Waals surface area contributed by atoms with Crippen LogP contribution in [-0.2, 0) is 17.4 Å². The van der Waals surface area contributed by atoms with Crippen LogP contribution in [0.1, 0.15) is 63.6 Å². The summed E-state index contributed by atoms with van der Waals surface area (Å²) in [5, 5.41) is 30.2. The van der Waals surface area contributed by atoms with Crippen LogP contribution in [0.3, 0.4) is 0 Å². The van der Waals surface area contributed by atoms with Crippen molar-refractivity contribution in [2.75, 3.05) is 38.0 Å². The van der Waals surface area contributed by atoms with Crippen LogP contribution >= 0.6 is 0 Å². The molecule has 4 aromatic carbocycles. The number of carbonyl (C=O) groups excluding carboxylic acids is 3. The maximum atomic E-state index is 14.0. The first-order chi connectivity index (χ1) is 25.4. The molecule has 1 aliphatic rings. The molecule has 4 aromatic rings. The molecule has 1 atom stereocenters. The fraction of sp³-hybridized carbons (Fsp3) is 0.317. The van der Waals surface area contributed by atoms with E-state index in [-0.39, 0.29) is 49.9 Å². The van der Waals surface area contributed by atoms with Crippen molar-refractivity contribution in [3.05, 3.63) is 125 Å². The van der Waals surface area contributed by atoms with Gasteiger partial charge in [0.15, 0.2) is 0 Å². The highest BCUT2D eigenvalue weighted by Crippen LogP contribution is 2.36. The van der Waals surface area contributed by atoms with Gasteiger partial charge in [0, 0.05) is 55.3 Å². The number of rotatable bonds is 13. The number of benzene rings is 4. The van der Waals surface area contributed by atoms with Gasteiger partial charge in [0.2, 0.25) is 0 Å². The Morgan fingerprint density at radius 3 is 2.23 bits per heavy atom. The zero-order valence-electron chi connectivity index (χ0n) is 29.4. The molecule has 9 nitrogen and oxygen atoms in total. The van der Waals surface area contributed by atoms with Crippen LogP contribution < -0.4 is 16.0 Å². The Bertz CT molecular complexity index is 1940. The number of anilines is 1. The summed E-state index contributed by atoms with van der Waals surface area (Å²) in [6.45, 7) is 4.63. The lowest BCUT2D eigenvalue weighted by atomic mass is 9.75. The van der Waals surface area contributed by atoms with Gasteiger partial charge in [-0.3, -0.25) is 14.4 Å². The Morgan fingerprint density at radius 2 is 1.57 bits per heavy atom. The second kappa shape index (κ2) is 17.3. The van der Waals surface area contributed by atoms with Crippen molar-refractivity contribution >= 4 is 23.4 Å². The number of halogens is 3. The Labute approximate surface area is 306 Å². The Hall–Kier alpha value is -5.51. The first-order valence-electron chi connectivity index (χ1n) is 17.6. The SMILES string of the molecule is CCCNCCNC(=O)c1ccc(-c2cccc(CC(O)(C(=O)Nc3ccc(C#N)c(C(F)(F)F)c3)C3CCN(C(=O)c4ccccc4)CC3)c2)cc1. The smallest absolute Gasteiger partial charge is 0.379 e. The van der Waals surface area contributed by atoms with E-state index >= 15 is 0 Å². The number of hydrogen-bond donors (Lipinski definition) is 4. The summed E-state index contributed by atoms with van der Waals surface area (Å²) < 4.78 is 41.2. The monoisotopic (exact) mass is 725 g/mol. The van der Waals surface area contributed by atoms with Crippen molar-refractivity contribution in [2.24, 2.45) is 5.92 Å². The van der Waals surface area contributed by atoms with Crippen LogP contribution in [0.4, 0.5) is 18.9 Å². The van der Waals surface area contributed by atoms with Gasteiger partial charge in [-0.05, 0) is 85.0 Å². The van der Waals surface area contributed by atoms with Crippen molar-refractivity contribution in [1.82, 2.24) is 15.5 Å². The molecule has 4 N–H and O–H groups in total. The largest absolute Gasteiger partial charge is 0.417 e. The highest BCUT2D eigenvalue weighted by molar-refractivity contribution is 5.98. The molecule has 0 bridgehead atoms. The molecule has 276 valence electrons. The number of nitriles is 1. The molecule has 0 aromatic heterocycles. The molecule has 0 saturated carbocycles.